The Bertz CT molecular complexity index is 418. The van der Waals surface area contributed by atoms with E-state index in [1.165, 1.54) is 11.1 Å². The molecule has 0 spiro atoms. The Morgan fingerprint density at radius 3 is 2.20 bits per heavy atom. The number of carbonyl (C=O) groups is 1. The van der Waals surface area contributed by atoms with E-state index in [-0.39, 0.29) is 17.5 Å². The molecular formula is C17H28N2O. The lowest BCUT2D eigenvalue weighted by Gasteiger charge is -2.22. The lowest BCUT2D eigenvalue weighted by molar-refractivity contribution is -0.121. The molecule has 0 aromatic heterocycles. The van der Waals surface area contributed by atoms with Crippen molar-refractivity contribution in [2.75, 3.05) is 6.54 Å². The Morgan fingerprint density at radius 2 is 1.75 bits per heavy atom. The number of rotatable bonds is 6. The van der Waals surface area contributed by atoms with Crippen molar-refractivity contribution in [1.82, 2.24) is 10.6 Å². The molecule has 0 saturated heterocycles. The van der Waals surface area contributed by atoms with Crippen molar-refractivity contribution in [3.05, 3.63) is 35.4 Å². The van der Waals surface area contributed by atoms with E-state index in [9.17, 15) is 4.79 Å². The predicted octanol–water partition coefficient (Wildman–Crippen LogP) is 3.20. The van der Waals surface area contributed by atoms with E-state index >= 15 is 0 Å². The highest BCUT2D eigenvalue weighted by Gasteiger charge is 2.15. The van der Waals surface area contributed by atoms with E-state index in [1.807, 2.05) is 20.8 Å². The van der Waals surface area contributed by atoms with Gasteiger partial charge in [0.2, 0.25) is 5.91 Å². The van der Waals surface area contributed by atoms with Crippen LogP contribution in [0.2, 0.25) is 0 Å². The van der Waals surface area contributed by atoms with Crippen LogP contribution in [0.4, 0.5) is 0 Å². The van der Waals surface area contributed by atoms with Crippen LogP contribution in [0.5, 0.6) is 0 Å². The highest BCUT2D eigenvalue weighted by molar-refractivity contribution is 5.78. The molecule has 20 heavy (non-hydrogen) atoms. The van der Waals surface area contributed by atoms with Gasteiger partial charge in [-0.1, -0.05) is 38.1 Å². The number of carbonyl (C=O) groups excluding carboxylic acids is 1. The second kappa shape index (κ2) is 7.44. The first kappa shape index (κ1) is 16.7. The summed E-state index contributed by atoms with van der Waals surface area (Å²) in [6.45, 7) is 10.6. The number of hydrogen-bond donors (Lipinski definition) is 2. The molecule has 1 atom stereocenters. The topological polar surface area (TPSA) is 41.1 Å². The molecule has 0 radical (unpaired) electrons. The van der Waals surface area contributed by atoms with E-state index in [0.29, 0.717) is 6.54 Å². The average Bonchev–Trinajstić information content (AvgIpc) is 2.38. The quantitative estimate of drug-likeness (QED) is 0.837. The Morgan fingerprint density at radius 1 is 1.15 bits per heavy atom. The molecule has 0 saturated carbocycles. The molecule has 0 heterocycles. The SMILES string of the molecule is CCc1ccc(C(CC)NCC(=O)NC(C)(C)C)cc1. The first-order valence-electron chi connectivity index (χ1n) is 7.49. The van der Waals surface area contributed by atoms with Crippen LogP contribution in [0.15, 0.2) is 24.3 Å². The van der Waals surface area contributed by atoms with Gasteiger partial charge in [0.05, 0.1) is 6.54 Å². The van der Waals surface area contributed by atoms with Crippen molar-refractivity contribution in [2.24, 2.45) is 0 Å². The molecule has 0 bridgehead atoms. The monoisotopic (exact) mass is 276 g/mol. The zero-order chi connectivity index (χ0) is 15.2. The minimum atomic E-state index is -0.177. The molecule has 3 nitrogen and oxygen atoms in total. The molecule has 0 aliphatic carbocycles. The van der Waals surface area contributed by atoms with Crippen LogP contribution in [0.25, 0.3) is 0 Å². The number of aryl methyl sites for hydroxylation is 1. The van der Waals surface area contributed by atoms with E-state index in [4.69, 9.17) is 0 Å². The summed E-state index contributed by atoms with van der Waals surface area (Å²) >= 11 is 0. The summed E-state index contributed by atoms with van der Waals surface area (Å²) in [6.07, 6.45) is 2.02. The molecule has 1 unspecified atom stereocenters. The van der Waals surface area contributed by atoms with Crippen LogP contribution in [0.1, 0.15) is 58.2 Å². The zero-order valence-electron chi connectivity index (χ0n) is 13.4. The summed E-state index contributed by atoms with van der Waals surface area (Å²) < 4.78 is 0. The van der Waals surface area contributed by atoms with E-state index < -0.39 is 0 Å². The minimum absolute atomic E-state index is 0.0427. The lowest BCUT2D eigenvalue weighted by atomic mass is 10.0. The number of benzene rings is 1. The van der Waals surface area contributed by atoms with Crippen molar-refractivity contribution in [3.63, 3.8) is 0 Å². The maximum atomic E-state index is 11.8. The van der Waals surface area contributed by atoms with Crippen LogP contribution in [0.3, 0.4) is 0 Å². The molecule has 0 aliphatic rings. The van der Waals surface area contributed by atoms with Gasteiger partial charge in [0.15, 0.2) is 0 Å². The van der Waals surface area contributed by atoms with Crippen LogP contribution >= 0.6 is 0 Å². The van der Waals surface area contributed by atoms with Gasteiger partial charge in [0.1, 0.15) is 0 Å². The fraction of sp³-hybridized carbons (Fsp3) is 0.588. The van der Waals surface area contributed by atoms with Crippen LogP contribution < -0.4 is 10.6 Å². The third-order valence-corrected chi connectivity index (χ3v) is 3.22. The Hall–Kier alpha value is -1.35. The number of amides is 1. The Kier molecular flexibility index (Phi) is 6.21. The summed E-state index contributed by atoms with van der Waals surface area (Å²) in [4.78, 5) is 11.8. The zero-order valence-corrected chi connectivity index (χ0v) is 13.4. The summed E-state index contributed by atoms with van der Waals surface area (Å²) in [7, 11) is 0. The van der Waals surface area contributed by atoms with Gasteiger partial charge in [-0.05, 0) is 44.7 Å². The second-order valence-corrected chi connectivity index (χ2v) is 6.24. The van der Waals surface area contributed by atoms with Gasteiger partial charge in [-0.15, -0.1) is 0 Å². The first-order chi connectivity index (χ1) is 9.35. The number of hydrogen-bond acceptors (Lipinski definition) is 2. The van der Waals surface area contributed by atoms with Gasteiger partial charge < -0.3 is 10.6 Å². The molecule has 0 aliphatic heterocycles. The molecule has 2 N–H and O–H groups in total. The van der Waals surface area contributed by atoms with Gasteiger partial charge in [-0.25, -0.2) is 0 Å². The van der Waals surface area contributed by atoms with Crippen molar-refractivity contribution in [1.29, 1.82) is 0 Å². The van der Waals surface area contributed by atoms with Crippen LogP contribution in [-0.2, 0) is 11.2 Å². The molecule has 1 aromatic carbocycles. The predicted molar refractivity (Wildman–Crippen MR) is 84.8 cm³/mol. The van der Waals surface area contributed by atoms with Gasteiger partial charge in [0, 0.05) is 11.6 Å². The summed E-state index contributed by atoms with van der Waals surface area (Å²) in [6, 6.07) is 8.86. The summed E-state index contributed by atoms with van der Waals surface area (Å²) in [5.74, 6) is 0.0427. The molecule has 0 fully saturated rings. The van der Waals surface area contributed by atoms with Gasteiger partial charge in [0.25, 0.3) is 0 Å². The normalized spacial score (nSPS) is 13.1. The highest BCUT2D eigenvalue weighted by atomic mass is 16.2. The van der Waals surface area contributed by atoms with Gasteiger partial charge in [-0.3, -0.25) is 4.79 Å². The van der Waals surface area contributed by atoms with E-state index in [2.05, 4.69) is 48.7 Å². The Labute approximate surface area is 123 Å². The minimum Gasteiger partial charge on any atom is -0.350 e. The maximum Gasteiger partial charge on any atom is 0.234 e. The number of nitrogens with one attached hydrogen (secondary N) is 2. The van der Waals surface area contributed by atoms with Crippen LogP contribution in [0, 0.1) is 0 Å². The third kappa shape index (κ3) is 5.74. The fourth-order valence-corrected chi connectivity index (χ4v) is 2.16. The second-order valence-electron chi connectivity index (χ2n) is 6.24. The molecule has 1 rings (SSSR count). The molecule has 1 amide bonds. The van der Waals surface area contributed by atoms with Gasteiger partial charge in [-0.2, -0.15) is 0 Å². The molecule has 112 valence electrons. The largest absolute Gasteiger partial charge is 0.350 e. The van der Waals surface area contributed by atoms with Crippen molar-refractivity contribution in [2.45, 2.75) is 59.0 Å². The molecule has 3 heteroatoms. The van der Waals surface area contributed by atoms with Crippen molar-refractivity contribution < 1.29 is 4.79 Å². The lowest BCUT2D eigenvalue weighted by Crippen LogP contribution is -2.45. The smallest absolute Gasteiger partial charge is 0.234 e. The van der Waals surface area contributed by atoms with E-state index in [1.54, 1.807) is 0 Å². The standard InChI is InChI=1S/C17H28N2O/c1-6-13-8-10-14(11-9-13)15(7-2)18-12-16(20)19-17(3,4)5/h8-11,15,18H,6-7,12H2,1-5H3,(H,19,20). The highest BCUT2D eigenvalue weighted by Crippen LogP contribution is 2.17. The molecule has 1 aromatic rings. The summed E-state index contributed by atoms with van der Waals surface area (Å²) in [5, 5.41) is 6.30. The first-order valence-corrected chi connectivity index (χ1v) is 7.49. The van der Waals surface area contributed by atoms with Crippen molar-refractivity contribution >= 4 is 5.91 Å². The summed E-state index contributed by atoms with van der Waals surface area (Å²) in [5.41, 5.74) is 2.41. The van der Waals surface area contributed by atoms with Crippen molar-refractivity contribution in [3.8, 4) is 0 Å². The Balaban J connectivity index is 2.56. The van der Waals surface area contributed by atoms with E-state index in [0.717, 1.165) is 12.8 Å². The average molecular weight is 276 g/mol. The maximum absolute atomic E-state index is 11.8. The van der Waals surface area contributed by atoms with Gasteiger partial charge >= 0.3 is 0 Å². The fourth-order valence-electron chi connectivity index (χ4n) is 2.16. The third-order valence-electron chi connectivity index (χ3n) is 3.22. The van der Waals surface area contributed by atoms with Crippen LogP contribution in [-0.4, -0.2) is 18.0 Å². The molecular weight excluding hydrogens is 248 g/mol.